The van der Waals surface area contributed by atoms with Gasteiger partial charge in [-0.1, -0.05) is 24.3 Å². The fraction of sp³-hybridized carbons (Fsp3) is 0.167. The molecule has 7 heteroatoms. The molecule has 0 radical (unpaired) electrons. The number of fused-ring (bicyclic) bond motifs is 1. The van der Waals surface area contributed by atoms with Gasteiger partial charge in [0.2, 0.25) is 5.95 Å². The number of carbonyl (C=O) groups is 1. The number of hydrogen-bond acceptors (Lipinski definition) is 5. The Morgan fingerprint density at radius 1 is 1.24 bits per heavy atom. The highest BCUT2D eigenvalue weighted by molar-refractivity contribution is 7.10. The molecule has 25 heavy (non-hydrogen) atoms. The Kier molecular flexibility index (Phi) is 3.85. The minimum atomic E-state index is -0.289. The van der Waals surface area contributed by atoms with Crippen LogP contribution in [0.4, 0.5) is 11.6 Å². The number of amides is 1. The summed E-state index contributed by atoms with van der Waals surface area (Å²) in [6, 6.07) is 11.4. The molecule has 4 rings (SSSR count). The van der Waals surface area contributed by atoms with E-state index >= 15 is 0 Å². The third-order valence-corrected chi connectivity index (χ3v) is 5.17. The summed E-state index contributed by atoms with van der Waals surface area (Å²) < 4.78 is 1.76. The molecule has 0 saturated heterocycles. The molecule has 126 valence electrons. The van der Waals surface area contributed by atoms with Crippen molar-refractivity contribution in [3.63, 3.8) is 0 Å². The fourth-order valence-corrected chi connectivity index (χ4v) is 3.82. The molecule has 0 aliphatic carbocycles. The van der Waals surface area contributed by atoms with Crippen LogP contribution in [0.15, 0.2) is 59.4 Å². The number of nitrogens with zero attached hydrogens (tertiary/aromatic N) is 3. The molecule has 1 amide bonds. The molecular formula is C18H17N5OS. The van der Waals surface area contributed by atoms with Crippen LogP contribution in [0.2, 0.25) is 0 Å². The monoisotopic (exact) mass is 351 g/mol. The molecule has 0 bridgehead atoms. The third-order valence-electron chi connectivity index (χ3n) is 4.24. The Balaban J connectivity index is 1.76. The number of allylic oxidation sites excluding steroid dienone is 1. The summed E-state index contributed by atoms with van der Waals surface area (Å²) in [5.74, 6) is 0.502. The predicted octanol–water partition coefficient (Wildman–Crippen LogP) is 3.58. The quantitative estimate of drug-likeness (QED) is 0.757. The Bertz CT molecular complexity index is 958. The van der Waals surface area contributed by atoms with E-state index in [0.29, 0.717) is 11.5 Å². The van der Waals surface area contributed by atoms with E-state index in [1.54, 1.807) is 16.0 Å². The lowest BCUT2D eigenvalue weighted by Gasteiger charge is -2.27. The topological polar surface area (TPSA) is 71.8 Å². The third kappa shape index (κ3) is 2.72. The van der Waals surface area contributed by atoms with Crippen LogP contribution in [-0.4, -0.2) is 20.7 Å². The number of nitrogens with one attached hydrogen (secondary N) is 2. The van der Waals surface area contributed by atoms with E-state index in [1.807, 2.05) is 55.6 Å². The molecule has 2 aromatic heterocycles. The Labute approximate surface area is 149 Å². The number of aryl methyl sites for hydroxylation is 1. The van der Waals surface area contributed by atoms with E-state index in [9.17, 15) is 4.79 Å². The van der Waals surface area contributed by atoms with E-state index < -0.39 is 0 Å². The second-order valence-corrected chi connectivity index (χ2v) is 6.86. The first-order valence-electron chi connectivity index (χ1n) is 7.93. The summed E-state index contributed by atoms with van der Waals surface area (Å²) in [5, 5.41) is 12.5. The van der Waals surface area contributed by atoms with Crippen molar-refractivity contribution in [2.24, 2.45) is 0 Å². The highest BCUT2D eigenvalue weighted by atomic mass is 32.1. The number of carbonyl (C=O) groups excluding carboxylic acids is 1. The van der Waals surface area contributed by atoms with E-state index in [4.69, 9.17) is 0 Å². The molecule has 1 aliphatic rings. The molecule has 1 atom stereocenters. The minimum absolute atomic E-state index is 0.140. The SMILES string of the molecule is CC1=C(C(=O)Nc2ccccc2C)[C@H](c2cccs2)n2ncnc2N1. The molecule has 0 spiro atoms. The summed E-state index contributed by atoms with van der Waals surface area (Å²) in [7, 11) is 0. The van der Waals surface area contributed by atoms with Gasteiger partial charge in [-0.15, -0.1) is 11.3 Å². The summed E-state index contributed by atoms with van der Waals surface area (Å²) in [5.41, 5.74) is 3.25. The zero-order chi connectivity index (χ0) is 17.4. The molecule has 2 N–H and O–H groups in total. The number of aromatic nitrogens is 3. The molecule has 0 saturated carbocycles. The minimum Gasteiger partial charge on any atom is -0.328 e. The molecule has 6 nitrogen and oxygen atoms in total. The molecule has 3 heterocycles. The predicted molar refractivity (Wildman–Crippen MR) is 98.6 cm³/mol. The summed E-state index contributed by atoms with van der Waals surface area (Å²) in [6.45, 7) is 3.87. The molecular weight excluding hydrogens is 334 g/mol. The van der Waals surface area contributed by atoms with Gasteiger partial charge in [-0.2, -0.15) is 10.1 Å². The largest absolute Gasteiger partial charge is 0.328 e. The standard InChI is InChI=1S/C18H17N5OS/c1-11-6-3-4-7-13(11)22-17(24)15-12(2)21-18-19-10-20-23(18)16(15)14-8-5-9-25-14/h3-10,16H,1-2H3,(H,22,24)(H,19,20,21)/t16-/m0/s1. The van der Waals surface area contributed by atoms with Gasteiger partial charge in [-0.25, -0.2) is 4.68 Å². The highest BCUT2D eigenvalue weighted by Gasteiger charge is 2.34. The first-order chi connectivity index (χ1) is 12.1. The van der Waals surface area contributed by atoms with Gasteiger partial charge in [0.15, 0.2) is 0 Å². The van der Waals surface area contributed by atoms with Crippen molar-refractivity contribution in [1.82, 2.24) is 14.8 Å². The van der Waals surface area contributed by atoms with Gasteiger partial charge >= 0.3 is 0 Å². The van der Waals surface area contributed by atoms with Crippen molar-refractivity contribution in [1.29, 1.82) is 0 Å². The van der Waals surface area contributed by atoms with E-state index in [1.165, 1.54) is 6.33 Å². The van der Waals surface area contributed by atoms with Crippen LogP contribution >= 0.6 is 11.3 Å². The average Bonchev–Trinajstić information content (AvgIpc) is 3.26. The number of para-hydroxylation sites is 1. The zero-order valence-corrected chi connectivity index (χ0v) is 14.7. The molecule has 3 aromatic rings. The van der Waals surface area contributed by atoms with Gasteiger partial charge in [0.05, 0.1) is 5.57 Å². The summed E-state index contributed by atoms with van der Waals surface area (Å²) in [6.07, 6.45) is 1.50. The first-order valence-corrected chi connectivity index (χ1v) is 8.81. The summed E-state index contributed by atoms with van der Waals surface area (Å²) >= 11 is 1.60. The van der Waals surface area contributed by atoms with Crippen LogP contribution in [-0.2, 0) is 4.79 Å². The van der Waals surface area contributed by atoms with Gasteiger partial charge in [0, 0.05) is 16.3 Å². The van der Waals surface area contributed by atoms with Crippen molar-refractivity contribution in [2.45, 2.75) is 19.9 Å². The van der Waals surface area contributed by atoms with Crippen LogP contribution in [0, 0.1) is 6.92 Å². The normalized spacial score (nSPS) is 16.3. The van der Waals surface area contributed by atoms with E-state index in [2.05, 4.69) is 20.7 Å². The van der Waals surface area contributed by atoms with Crippen LogP contribution in [0.3, 0.4) is 0 Å². The Hall–Kier alpha value is -2.93. The van der Waals surface area contributed by atoms with Gasteiger partial charge in [-0.3, -0.25) is 4.79 Å². The Morgan fingerprint density at radius 3 is 2.84 bits per heavy atom. The second-order valence-electron chi connectivity index (χ2n) is 5.88. The molecule has 1 aliphatic heterocycles. The van der Waals surface area contributed by atoms with Crippen molar-refractivity contribution >= 4 is 28.9 Å². The van der Waals surface area contributed by atoms with Crippen LogP contribution in [0.1, 0.15) is 23.4 Å². The van der Waals surface area contributed by atoms with Gasteiger partial charge in [-0.05, 0) is 36.9 Å². The first kappa shape index (κ1) is 15.6. The lowest BCUT2D eigenvalue weighted by atomic mass is 10.0. The van der Waals surface area contributed by atoms with E-state index in [-0.39, 0.29) is 11.9 Å². The van der Waals surface area contributed by atoms with Crippen molar-refractivity contribution in [3.8, 4) is 0 Å². The fourth-order valence-electron chi connectivity index (χ4n) is 3.00. The van der Waals surface area contributed by atoms with Crippen molar-refractivity contribution in [2.75, 3.05) is 10.6 Å². The molecule has 0 fully saturated rings. The average molecular weight is 351 g/mol. The van der Waals surface area contributed by atoms with Gasteiger partial charge in [0.25, 0.3) is 5.91 Å². The highest BCUT2D eigenvalue weighted by Crippen LogP contribution is 2.37. The smallest absolute Gasteiger partial charge is 0.255 e. The molecule has 0 unspecified atom stereocenters. The van der Waals surface area contributed by atoms with Crippen LogP contribution in [0.25, 0.3) is 0 Å². The lowest BCUT2D eigenvalue weighted by Crippen LogP contribution is -2.31. The van der Waals surface area contributed by atoms with Crippen molar-refractivity contribution < 1.29 is 4.79 Å². The zero-order valence-electron chi connectivity index (χ0n) is 13.9. The van der Waals surface area contributed by atoms with Crippen molar-refractivity contribution in [3.05, 3.63) is 69.8 Å². The van der Waals surface area contributed by atoms with E-state index in [0.717, 1.165) is 21.8 Å². The molecule has 1 aromatic carbocycles. The maximum Gasteiger partial charge on any atom is 0.255 e. The van der Waals surface area contributed by atoms with Gasteiger partial charge < -0.3 is 10.6 Å². The Morgan fingerprint density at radius 2 is 2.08 bits per heavy atom. The second kappa shape index (κ2) is 6.18. The maximum atomic E-state index is 13.1. The lowest BCUT2D eigenvalue weighted by molar-refractivity contribution is -0.113. The number of hydrogen-bond donors (Lipinski definition) is 2. The van der Waals surface area contributed by atoms with Gasteiger partial charge in [0.1, 0.15) is 12.4 Å². The maximum absolute atomic E-state index is 13.1. The van der Waals surface area contributed by atoms with Crippen LogP contribution in [0.5, 0.6) is 0 Å². The summed E-state index contributed by atoms with van der Waals surface area (Å²) in [4.78, 5) is 18.4. The number of anilines is 2. The number of thiophene rings is 1. The van der Waals surface area contributed by atoms with Crippen LogP contribution < -0.4 is 10.6 Å². The number of benzene rings is 1. The number of rotatable bonds is 3.